The first kappa shape index (κ1) is 12.0. The maximum atomic E-state index is 9.27. The number of piperazine rings is 1. The average Bonchev–Trinajstić information content (AvgIpc) is 2.32. The average molecular weight is 247 g/mol. The quantitative estimate of drug-likeness (QED) is 0.815. The number of nitrogens with zero attached hydrogens (tertiary/aromatic N) is 2. The molecule has 4 nitrogen and oxygen atoms in total. The molecule has 0 saturated carbocycles. The molecule has 0 unspecified atom stereocenters. The van der Waals surface area contributed by atoms with Gasteiger partial charge in [-0.25, -0.2) is 0 Å². The normalized spacial score (nSPS) is 22.9. The first-order valence-corrected chi connectivity index (χ1v) is 6.76. The van der Waals surface area contributed by atoms with Crippen molar-refractivity contribution in [3.8, 4) is 5.75 Å². The lowest BCUT2D eigenvalue weighted by Gasteiger charge is -2.43. The van der Waals surface area contributed by atoms with Gasteiger partial charge in [0.2, 0.25) is 0 Å². The fraction of sp³-hybridized carbons (Fsp3) is 0.571. The van der Waals surface area contributed by atoms with Crippen LogP contribution in [0, 0.1) is 0 Å². The number of aromatic hydroxyl groups is 1. The van der Waals surface area contributed by atoms with Gasteiger partial charge in [0.25, 0.3) is 0 Å². The van der Waals surface area contributed by atoms with Crippen LogP contribution in [0.2, 0.25) is 0 Å². The summed E-state index contributed by atoms with van der Waals surface area (Å²) < 4.78 is 0. The van der Waals surface area contributed by atoms with Gasteiger partial charge >= 0.3 is 0 Å². The van der Waals surface area contributed by atoms with Crippen LogP contribution in [0.1, 0.15) is 5.56 Å². The van der Waals surface area contributed by atoms with E-state index in [9.17, 15) is 5.11 Å². The summed E-state index contributed by atoms with van der Waals surface area (Å²) in [5.41, 5.74) is 1.28. The molecule has 3 rings (SSSR count). The van der Waals surface area contributed by atoms with Gasteiger partial charge in [-0.3, -0.25) is 9.80 Å². The van der Waals surface area contributed by atoms with Crippen LogP contribution < -0.4 is 5.32 Å². The van der Waals surface area contributed by atoms with E-state index in [1.807, 2.05) is 12.1 Å². The second kappa shape index (κ2) is 5.26. The van der Waals surface area contributed by atoms with Crippen molar-refractivity contribution in [1.82, 2.24) is 15.1 Å². The Labute approximate surface area is 108 Å². The Kier molecular flexibility index (Phi) is 3.50. The monoisotopic (exact) mass is 247 g/mol. The highest BCUT2D eigenvalue weighted by molar-refractivity contribution is 5.25. The van der Waals surface area contributed by atoms with E-state index < -0.39 is 0 Å². The number of benzene rings is 1. The van der Waals surface area contributed by atoms with E-state index in [4.69, 9.17) is 0 Å². The lowest BCUT2D eigenvalue weighted by Crippen LogP contribution is -2.61. The molecule has 0 spiro atoms. The maximum Gasteiger partial charge on any atom is 0.115 e. The van der Waals surface area contributed by atoms with Crippen LogP contribution in [0.15, 0.2) is 24.3 Å². The van der Waals surface area contributed by atoms with Crippen LogP contribution in [0.25, 0.3) is 0 Å². The van der Waals surface area contributed by atoms with Crippen LogP contribution in [-0.4, -0.2) is 60.2 Å². The summed E-state index contributed by atoms with van der Waals surface area (Å²) in [7, 11) is 0. The van der Waals surface area contributed by atoms with Crippen molar-refractivity contribution in [1.29, 1.82) is 0 Å². The van der Waals surface area contributed by atoms with Gasteiger partial charge in [-0.1, -0.05) is 12.1 Å². The molecule has 0 aromatic heterocycles. The summed E-state index contributed by atoms with van der Waals surface area (Å²) in [5.74, 6) is 0.348. The minimum absolute atomic E-state index is 0.348. The third-order valence-electron chi connectivity index (χ3n) is 4.03. The standard InChI is InChI=1S/C14H21N3O/c18-14-3-1-12(2-4-14)11-16-5-7-17(8-6-16)13-9-15-10-13/h1-4,13,15,18H,5-11H2. The highest BCUT2D eigenvalue weighted by atomic mass is 16.3. The lowest BCUT2D eigenvalue weighted by molar-refractivity contribution is 0.0695. The Hall–Kier alpha value is -1.10. The van der Waals surface area contributed by atoms with E-state index in [1.54, 1.807) is 12.1 Å². The summed E-state index contributed by atoms with van der Waals surface area (Å²) in [6, 6.07) is 8.34. The van der Waals surface area contributed by atoms with Crippen molar-refractivity contribution in [2.75, 3.05) is 39.3 Å². The molecular weight excluding hydrogens is 226 g/mol. The van der Waals surface area contributed by atoms with Crippen molar-refractivity contribution in [3.63, 3.8) is 0 Å². The molecule has 98 valence electrons. The fourth-order valence-corrected chi connectivity index (χ4v) is 2.68. The van der Waals surface area contributed by atoms with E-state index in [0.29, 0.717) is 5.75 Å². The number of hydrogen-bond donors (Lipinski definition) is 2. The molecule has 0 aliphatic carbocycles. The van der Waals surface area contributed by atoms with Crippen molar-refractivity contribution in [2.24, 2.45) is 0 Å². The molecule has 2 aliphatic rings. The van der Waals surface area contributed by atoms with Gasteiger partial charge in [-0.15, -0.1) is 0 Å². The van der Waals surface area contributed by atoms with Crippen LogP contribution in [0.3, 0.4) is 0 Å². The Morgan fingerprint density at radius 2 is 1.72 bits per heavy atom. The molecule has 0 amide bonds. The van der Waals surface area contributed by atoms with Gasteiger partial charge < -0.3 is 10.4 Å². The third kappa shape index (κ3) is 2.66. The molecule has 0 radical (unpaired) electrons. The molecule has 18 heavy (non-hydrogen) atoms. The van der Waals surface area contributed by atoms with Crippen molar-refractivity contribution in [2.45, 2.75) is 12.6 Å². The molecule has 0 bridgehead atoms. The van der Waals surface area contributed by atoms with Crippen LogP contribution in [0.4, 0.5) is 0 Å². The Morgan fingerprint density at radius 1 is 1.06 bits per heavy atom. The molecular formula is C14H21N3O. The number of hydrogen-bond acceptors (Lipinski definition) is 4. The van der Waals surface area contributed by atoms with Gasteiger partial charge in [0.1, 0.15) is 5.75 Å². The summed E-state index contributed by atoms with van der Waals surface area (Å²) in [6.45, 7) is 8.00. The number of rotatable bonds is 3. The SMILES string of the molecule is Oc1ccc(CN2CCN(C3CNC3)CC2)cc1. The minimum Gasteiger partial charge on any atom is -0.508 e. The van der Waals surface area contributed by atoms with Crippen LogP contribution in [-0.2, 0) is 6.54 Å². The molecule has 0 atom stereocenters. The van der Waals surface area contributed by atoms with Crippen molar-refractivity contribution < 1.29 is 5.11 Å². The molecule has 1 aromatic carbocycles. The summed E-state index contributed by atoms with van der Waals surface area (Å²) in [4.78, 5) is 5.10. The lowest BCUT2D eigenvalue weighted by atomic mass is 10.1. The second-order valence-electron chi connectivity index (χ2n) is 5.29. The van der Waals surface area contributed by atoms with Gasteiger partial charge in [-0.05, 0) is 17.7 Å². The zero-order chi connectivity index (χ0) is 12.4. The Balaban J connectivity index is 1.48. The Morgan fingerprint density at radius 3 is 2.28 bits per heavy atom. The number of phenolic OH excluding ortho intramolecular Hbond substituents is 1. The van der Waals surface area contributed by atoms with Gasteiger partial charge in [-0.2, -0.15) is 0 Å². The molecule has 1 aromatic rings. The van der Waals surface area contributed by atoms with Crippen molar-refractivity contribution in [3.05, 3.63) is 29.8 Å². The van der Waals surface area contributed by atoms with E-state index in [-0.39, 0.29) is 0 Å². The maximum absolute atomic E-state index is 9.27. The predicted molar refractivity (Wildman–Crippen MR) is 71.6 cm³/mol. The second-order valence-corrected chi connectivity index (χ2v) is 5.29. The topological polar surface area (TPSA) is 38.7 Å². The first-order valence-electron chi connectivity index (χ1n) is 6.76. The fourth-order valence-electron chi connectivity index (χ4n) is 2.68. The van der Waals surface area contributed by atoms with E-state index in [0.717, 1.165) is 38.8 Å². The first-order chi connectivity index (χ1) is 8.81. The minimum atomic E-state index is 0.348. The molecule has 4 heteroatoms. The molecule has 2 fully saturated rings. The molecule has 2 saturated heterocycles. The van der Waals surface area contributed by atoms with E-state index >= 15 is 0 Å². The number of nitrogens with one attached hydrogen (secondary N) is 1. The van der Waals surface area contributed by atoms with E-state index in [1.165, 1.54) is 18.7 Å². The summed E-state index contributed by atoms with van der Waals surface area (Å²) >= 11 is 0. The summed E-state index contributed by atoms with van der Waals surface area (Å²) in [5, 5.41) is 12.6. The van der Waals surface area contributed by atoms with E-state index in [2.05, 4.69) is 15.1 Å². The third-order valence-corrected chi connectivity index (χ3v) is 4.03. The summed E-state index contributed by atoms with van der Waals surface area (Å²) in [6.07, 6.45) is 0. The van der Waals surface area contributed by atoms with Crippen LogP contribution >= 0.6 is 0 Å². The molecule has 2 N–H and O–H groups in total. The van der Waals surface area contributed by atoms with Gasteiger partial charge in [0.05, 0.1) is 0 Å². The highest BCUT2D eigenvalue weighted by Gasteiger charge is 2.27. The highest BCUT2D eigenvalue weighted by Crippen LogP contribution is 2.14. The number of phenols is 1. The Bertz CT molecular complexity index is 381. The molecule has 2 aliphatic heterocycles. The smallest absolute Gasteiger partial charge is 0.115 e. The van der Waals surface area contributed by atoms with Crippen LogP contribution in [0.5, 0.6) is 5.75 Å². The zero-order valence-corrected chi connectivity index (χ0v) is 10.7. The van der Waals surface area contributed by atoms with Gasteiger partial charge in [0, 0.05) is 51.9 Å². The molecule has 2 heterocycles. The van der Waals surface area contributed by atoms with Crippen molar-refractivity contribution >= 4 is 0 Å². The predicted octanol–water partition coefficient (Wildman–Crippen LogP) is 0.482. The van der Waals surface area contributed by atoms with Gasteiger partial charge in [0.15, 0.2) is 0 Å². The largest absolute Gasteiger partial charge is 0.508 e. The zero-order valence-electron chi connectivity index (χ0n) is 10.7.